The predicted octanol–water partition coefficient (Wildman–Crippen LogP) is 1.98. The molecule has 2 aromatic rings. The number of nitrogens with zero attached hydrogens (tertiary/aromatic N) is 2. The first kappa shape index (κ1) is 17.9. The second-order valence-electron chi connectivity index (χ2n) is 5.48. The number of hydrogen-bond acceptors (Lipinski definition) is 5. The number of thiazole rings is 1. The minimum atomic E-state index is -0.604. The Morgan fingerprint density at radius 2 is 1.96 bits per heavy atom. The average Bonchev–Trinajstić information content (AvgIpc) is 2.91. The molecule has 0 saturated carbocycles. The summed E-state index contributed by atoms with van der Waals surface area (Å²) in [4.78, 5) is 36.9. The maximum atomic E-state index is 12.2. The number of esters is 1. The number of amides is 1. The molecule has 0 aliphatic heterocycles. The second-order valence-corrected chi connectivity index (χ2v) is 6.30. The fourth-order valence-electron chi connectivity index (χ4n) is 2.19. The Kier molecular flexibility index (Phi) is 5.92. The van der Waals surface area contributed by atoms with Crippen molar-refractivity contribution in [3.8, 4) is 0 Å². The monoisotopic (exact) mass is 348 g/mol. The molecule has 0 bridgehead atoms. The quantitative estimate of drug-likeness (QED) is 0.749. The van der Waals surface area contributed by atoms with Crippen LogP contribution in [-0.2, 0) is 20.9 Å². The van der Waals surface area contributed by atoms with Crippen molar-refractivity contribution >= 4 is 23.2 Å². The maximum Gasteiger partial charge on any atom is 0.326 e. The summed E-state index contributed by atoms with van der Waals surface area (Å²) in [5.41, 5.74) is 1.70. The summed E-state index contributed by atoms with van der Waals surface area (Å²) in [5.74, 6) is -0.901. The van der Waals surface area contributed by atoms with Gasteiger partial charge in [-0.2, -0.15) is 0 Å². The maximum absolute atomic E-state index is 12.2. The van der Waals surface area contributed by atoms with Crippen molar-refractivity contribution in [3.05, 3.63) is 56.6 Å². The lowest BCUT2D eigenvalue weighted by atomic mass is 10.1. The van der Waals surface area contributed by atoms with Gasteiger partial charge in [-0.15, -0.1) is 0 Å². The first-order chi connectivity index (χ1) is 11.4. The first-order valence-corrected chi connectivity index (χ1v) is 8.39. The van der Waals surface area contributed by atoms with Crippen molar-refractivity contribution in [2.45, 2.75) is 26.4 Å². The Morgan fingerprint density at radius 3 is 2.54 bits per heavy atom. The summed E-state index contributed by atoms with van der Waals surface area (Å²) in [6, 6.07) is 9.47. The molecule has 0 aliphatic carbocycles. The van der Waals surface area contributed by atoms with E-state index < -0.39 is 5.97 Å². The smallest absolute Gasteiger partial charge is 0.326 e. The van der Waals surface area contributed by atoms with Gasteiger partial charge in [0.1, 0.15) is 6.54 Å². The lowest BCUT2D eigenvalue weighted by molar-refractivity contribution is -0.152. The highest BCUT2D eigenvalue weighted by atomic mass is 32.1. The van der Waals surface area contributed by atoms with E-state index in [4.69, 9.17) is 4.74 Å². The Balaban J connectivity index is 1.88. The summed E-state index contributed by atoms with van der Waals surface area (Å²) in [6.07, 6.45) is 0. The van der Waals surface area contributed by atoms with E-state index in [1.54, 1.807) is 19.4 Å². The van der Waals surface area contributed by atoms with Crippen molar-refractivity contribution in [1.29, 1.82) is 0 Å². The molecule has 1 aromatic carbocycles. The van der Waals surface area contributed by atoms with Gasteiger partial charge in [0.15, 0.2) is 6.61 Å². The minimum Gasteiger partial charge on any atom is -0.454 e. The molecule has 1 aromatic heterocycles. The van der Waals surface area contributed by atoms with Crippen LogP contribution < -0.4 is 4.87 Å². The van der Waals surface area contributed by atoms with E-state index in [0.717, 1.165) is 16.9 Å². The zero-order valence-electron chi connectivity index (χ0n) is 13.9. The molecular weight excluding hydrogens is 328 g/mol. The molecule has 0 fully saturated rings. The minimum absolute atomic E-state index is 0.126. The van der Waals surface area contributed by atoms with Crippen molar-refractivity contribution in [3.63, 3.8) is 0 Å². The number of ether oxygens (including phenoxy) is 1. The van der Waals surface area contributed by atoms with Gasteiger partial charge in [0, 0.05) is 18.1 Å². The van der Waals surface area contributed by atoms with E-state index in [9.17, 15) is 14.4 Å². The van der Waals surface area contributed by atoms with Gasteiger partial charge in [-0.25, -0.2) is 0 Å². The third-order valence-corrected chi connectivity index (χ3v) is 4.76. The van der Waals surface area contributed by atoms with E-state index in [1.165, 1.54) is 9.47 Å². The number of carbonyl (C=O) groups excluding carboxylic acids is 2. The number of hydrogen-bond donors (Lipinski definition) is 0. The Bertz CT molecular complexity index is 766. The van der Waals surface area contributed by atoms with Crippen LogP contribution >= 0.6 is 11.3 Å². The second kappa shape index (κ2) is 7.92. The van der Waals surface area contributed by atoms with Gasteiger partial charge >= 0.3 is 10.8 Å². The van der Waals surface area contributed by atoms with Crippen LogP contribution in [0.1, 0.15) is 24.2 Å². The molecule has 0 N–H and O–H groups in total. The van der Waals surface area contributed by atoms with Crippen LogP contribution in [0.2, 0.25) is 0 Å². The number of aryl methyl sites for hydroxylation is 1. The fourth-order valence-corrected chi connectivity index (χ4v) is 2.92. The first-order valence-electron chi connectivity index (χ1n) is 7.51. The summed E-state index contributed by atoms with van der Waals surface area (Å²) in [6.45, 7) is 3.12. The van der Waals surface area contributed by atoms with Crippen molar-refractivity contribution in [1.82, 2.24) is 9.47 Å². The molecule has 0 unspecified atom stereocenters. The van der Waals surface area contributed by atoms with Gasteiger partial charge in [-0.1, -0.05) is 41.7 Å². The van der Waals surface area contributed by atoms with Crippen LogP contribution in [0.15, 0.2) is 40.5 Å². The van der Waals surface area contributed by atoms with Gasteiger partial charge < -0.3 is 9.64 Å². The molecular formula is C17H20N2O4S. The largest absolute Gasteiger partial charge is 0.454 e. The molecule has 7 heteroatoms. The van der Waals surface area contributed by atoms with Crippen molar-refractivity contribution in [2.24, 2.45) is 0 Å². The average molecular weight is 348 g/mol. The van der Waals surface area contributed by atoms with Crippen LogP contribution in [0.5, 0.6) is 0 Å². The van der Waals surface area contributed by atoms with Crippen molar-refractivity contribution in [2.75, 3.05) is 13.7 Å². The lowest BCUT2D eigenvalue weighted by Gasteiger charge is -2.25. The van der Waals surface area contributed by atoms with Crippen molar-refractivity contribution < 1.29 is 14.3 Å². The van der Waals surface area contributed by atoms with Crippen LogP contribution in [-0.4, -0.2) is 35.0 Å². The number of aromatic nitrogens is 1. The van der Waals surface area contributed by atoms with Gasteiger partial charge in [0.2, 0.25) is 0 Å². The van der Waals surface area contributed by atoms with Crippen LogP contribution in [0, 0.1) is 6.92 Å². The lowest BCUT2D eigenvalue weighted by Crippen LogP contribution is -2.34. The molecule has 0 radical (unpaired) electrons. The number of benzene rings is 1. The van der Waals surface area contributed by atoms with E-state index in [-0.39, 0.29) is 30.0 Å². The molecule has 128 valence electrons. The van der Waals surface area contributed by atoms with Crippen LogP contribution in [0.3, 0.4) is 0 Å². The predicted molar refractivity (Wildman–Crippen MR) is 91.9 cm³/mol. The molecule has 1 heterocycles. The molecule has 1 atom stereocenters. The van der Waals surface area contributed by atoms with E-state index in [1.807, 2.05) is 37.3 Å². The van der Waals surface area contributed by atoms with Crippen LogP contribution in [0.4, 0.5) is 0 Å². The summed E-state index contributed by atoms with van der Waals surface area (Å²) in [5, 5.41) is 1.68. The zero-order chi connectivity index (χ0) is 17.7. The topological polar surface area (TPSA) is 68.6 Å². The van der Waals surface area contributed by atoms with Crippen LogP contribution in [0.25, 0.3) is 0 Å². The van der Waals surface area contributed by atoms with E-state index in [2.05, 4.69) is 0 Å². The Labute approximate surface area is 144 Å². The molecule has 0 spiro atoms. The molecule has 0 aliphatic rings. The molecule has 2 rings (SSSR count). The number of rotatable bonds is 6. The third-order valence-electron chi connectivity index (χ3n) is 3.88. The highest BCUT2D eigenvalue weighted by Gasteiger charge is 2.19. The van der Waals surface area contributed by atoms with E-state index >= 15 is 0 Å². The standard InChI is InChI=1S/C17H20N2O4S/c1-12-11-24-17(22)19(12)9-16(21)23-10-15(20)18(3)13(2)14-7-5-4-6-8-14/h4-8,11,13H,9-10H2,1-3H3/t13-/m1/s1. The summed E-state index contributed by atoms with van der Waals surface area (Å²) in [7, 11) is 1.67. The van der Waals surface area contributed by atoms with Gasteiger partial charge in [0.25, 0.3) is 5.91 Å². The Hall–Kier alpha value is -2.41. The zero-order valence-corrected chi connectivity index (χ0v) is 14.7. The summed E-state index contributed by atoms with van der Waals surface area (Å²) >= 11 is 1.03. The third kappa shape index (κ3) is 4.32. The van der Waals surface area contributed by atoms with E-state index in [0.29, 0.717) is 5.69 Å². The molecule has 6 nitrogen and oxygen atoms in total. The van der Waals surface area contributed by atoms with Gasteiger partial charge in [-0.05, 0) is 19.4 Å². The highest BCUT2D eigenvalue weighted by molar-refractivity contribution is 7.07. The van der Waals surface area contributed by atoms with Gasteiger partial charge in [-0.3, -0.25) is 19.0 Å². The normalized spacial score (nSPS) is 11.8. The summed E-state index contributed by atoms with van der Waals surface area (Å²) < 4.78 is 6.34. The SMILES string of the molecule is Cc1csc(=O)n1CC(=O)OCC(=O)N(C)[C@H](C)c1ccccc1. The molecule has 0 saturated heterocycles. The highest BCUT2D eigenvalue weighted by Crippen LogP contribution is 2.18. The van der Waals surface area contributed by atoms with Gasteiger partial charge in [0.05, 0.1) is 6.04 Å². The number of carbonyl (C=O) groups is 2. The molecule has 1 amide bonds. The Morgan fingerprint density at radius 1 is 1.29 bits per heavy atom. The molecule has 24 heavy (non-hydrogen) atoms. The fraction of sp³-hybridized carbons (Fsp3) is 0.353. The number of likely N-dealkylation sites (N-methyl/N-ethyl adjacent to an activating group) is 1.